The van der Waals surface area contributed by atoms with Gasteiger partial charge in [0.2, 0.25) is 5.91 Å². The summed E-state index contributed by atoms with van der Waals surface area (Å²) in [6.07, 6.45) is 3.74. The lowest BCUT2D eigenvalue weighted by Gasteiger charge is -2.05. The molecule has 1 amide bonds. The molecule has 0 spiro atoms. The van der Waals surface area contributed by atoms with Crippen LogP contribution in [0.25, 0.3) is 0 Å². The van der Waals surface area contributed by atoms with E-state index in [-0.39, 0.29) is 11.7 Å². The van der Waals surface area contributed by atoms with Crippen LogP contribution >= 0.6 is 22.6 Å². The van der Waals surface area contributed by atoms with E-state index in [0.717, 1.165) is 24.9 Å². The molecule has 0 bridgehead atoms. The van der Waals surface area contributed by atoms with Gasteiger partial charge in [-0.3, -0.25) is 4.79 Å². The highest BCUT2D eigenvalue weighted by atomic mass is 127. The number of rotatable bonds is 7. The Morgan fingerprint density at radius 2 is 2.12 bits per heavy atom. The van der Waals surface area contributed by atoms with Gasteiger partial charge < -0.3 is 10.4 Å². The van der Waals surface area contributed by atoms with Gasteiger partial charge in [-0.25, -0.2) is 0 Å². The normalized spacial score (nSPS) is 10.2. The Bertz CT molecular complexity index is 355. The molecule has 2 N–H and O–H groups in total. The zero-order valence-corrected chi connectivity index (χ0v) is 11.9. The van der Waals surface area contributed by atoms with Crippen LogP contribution in [0.5, 0.6) is 5.75 Å². The quantitative estimate of drug-likeness (QED) is 0.453. The number of carbonyl (C=O) groups is 1. The lowest BCUT2D eigenvalue weighted by molar-refractivity contribution is -0.120. The number of carbonyl (C=O) groups excluding carboxylic acids is 1. The summed E-state index contributed by atoms with van der Waals surface area (Å²) in [4.78, 5) is 11.6. The number of phenolic OH excluding ortho intramolecular Hbond substituents is 1. The van der Waals surface area contributed by atoms with Crippen LogP contribution in [0.1, 0.15) is 24.8 Å². The van der Waals surface area contributed by atoms with Crippen molar-refractivity contribution in [1.82, 2.24) is 5.32 Å². The van der Waals surface area contributed by atoms with Crippen molar-refractivity contribution in [2.24, 2.45) is 0 Å². The molecule has 0 radical (unpaired) electrons. The Kier molecular flexibility index (Phi) is 7.00. The van der Waals surface area contributed by atoms with Crippen molar-refractivity contribution in [1.29, 1.82) is 0 Å². The molecule has 1 aromatic rings. The number of unbranched alkanes of at least 4 members (excludes halogenated alkanes) is 2. The summed E-state index contributed by atoms with van der Waals surface area (Å²) >= 11 is 2.36. The van der Waals surface area contributed by atoms with E-state index in [1.165, 1.54) is 10.8 Å². The first-order valence-electron chi connectivity index (χ1n) is 5.83. The Morgan fingerprint density at radius 1 is 1.29 bits per heavy atom. The molecule has 0 heterocycles. The maximum absolute atomic E-state index is 11.6. The standard InChI is InChI=1S/C13H18INO2/c14-7-2-1-3-8-15-13(17)10-11-5-4-6-12(16)9-11/h4-6,9,16H,1-3,7-8,10H2,(H,15,17). The molecule has 94 valence electrons. The third kappa shape index (κ3) is 6.51. The Hall–Kier alpha value is -0.780. The van der Waals surface area contributed by atoms with Crippen molar-refractivity contribution in [3.63, 3.8) is 0 Å². The Balaban J connectivity index is 2.21. The highest BCUT2D eigenvalue weighted by Gasteiger charge is 2.03. The first kappa shape index (κ1) is 14.3. The number of hydrogen-bond acceptors (Lipinski definition) is 2. The van der Waals surface area contributed by atoms with Gasteiger partial charge >= 0.3 is 0 Å². The molecular formula is C13H18INO2. The predicted octanol–water partition coefficient (Wildman–Crippen LogP) is 2.66. The van der Waals surface area contributed by atoms with Gasteiger partial charge in [0.1, 0.15) is 5.75 Å². The highest BCUT2D eigenvalue weighted by Crippen LogP contribution is 2.11. The lowest BCUT2D eigenvalue weighted by atomic mass is 10.1. The highest BCUT2D eigenvalue weighted by molar-refractivity contribution is 14.1. The molecule has 0 atom stereocenters. The average molecular weight is 347 g/mol. The number of phenols is 1. The van der Waals surface area contributed by atoms with E-state index in [2.05, 4.69) is 27.9 Å². The molecule has 0 saturated heterocycles. The van der Waals surface area contributed by atoms with Crippen LogP contribution in [0.3, 0.4) is 0 Å². The van der Waals surface area contributed by atoms with Crippen LogP contribution in [0.4, 0.5) is 0 Å². The topological polar surface area (TPSA) is 49.3 Å². The van der Waals surface area contributed by atoms with Crippen molar-refractivity contribution in [2.45, 2.75) is 25.7 Å². The van der Waals surface area contributed by atoms with E-state index in [4.69, 9.17) is 0 Å². The molecule has 0 aliphatic heterocycles. The average Bonchev–Trinajstić information content (AvgIpc) is 2.29. The Labute approximate surface area is 116 Å². The smallest absolute Gasteiger partial charge is 0.224 e. The second kappa shape index (κ2) is 8.33. The molecule has 1 rings (SSSR count). The minimum Gasteiger partial charge on any atom is -0.508 e. The number of benzene rings is 1. The van der Waals surface area contributed by atoms with Gasteiger partial charge in [-0.1, -0.05) is 41.1 Å². The zero-order valence-electron chi connectivity index (χ0n) is 9.79. The number of aromatic hydroxyl groups is 1. The van der Waals surface area contributed by atoms with E-state index in [9.17, 15) is 9.90 Å². The third-order valence-corrected chi connectivity index (χ3v) is 3.17. The fourth-order valence-electron chi connectivity index (χ4n) is 1.54. The molecule has 4 heteroatoms. The summed E-state index contributed by atoms with van der Waals surface area (Å²) in [5.74, 6) is 0.224. The van der Waals surface area contributed by atoms with E-state index in [1.54, 1.807) is 18.2 Å². The monoisotopic (exact) mass is 347 g/mol. The number of halogens is 1. The van der Waals surface area contributed by atoms with Crippen LogP contribution in [-0.2, 0) is 11.2 Å². The minimum atomic E-state index is 0.0186. The van der Waals surface area contributed by atoms with Crippen LogP contribution in [-0.4, -0.2) is 22.0 Å². The van der Waals surface area contributed by atoms with Gasteiger partial charge in [-0.15, -0.1) is 0 Å². The molecule has 17 heavy (non-hydrogen) atoms. The second-order valence-electron chi connectivity index (χ2n) is 3.95. The van der Waals surface area contributed by atoms with Gasteiger partial charge in [0, 0.05) is 6.54 Å². The van der Waals surface area contributed by atoms with E-state index < -0.39 is 0 Å². The number of hydrogen-bond donors (Lipinski definition) is 2. The molecule has 0 aliphatic carbocycles. The first-order valence-corrected chi connectivity index (χ1v) is 7.35. The summed E-state index contributed by atoms with van der Waals surface area (Å²) in [7, 11) is 0. The van der Waals surface area contributed by atoms with Gasteiger partial charge in [0.15, 0.2) is 0 Å². The second-order valence-corrected chi connectivity index (χ2v) is 5.03. The van der Waals surface area contributed by atoms with Gasteiger partial charge in [0.25, 0.3) is 0 Å². The van der Waals surface area contributed by atoms with Crippen molar-refractivity contribution < 1.29 is 9.90 Å². The first-order chi connectivity index (χ1) is 8.22. The predicted molar refractivity (Wildman–Crippen MR) is 77.6 cm³/mol. The molecule has 0 fully saturated rings. The Morgan fingerprint density at radius 3 is 2.82 bits per heavy atom. The maximum Gasteiger partial charge on any atom is 0.224 e. The van der Waals surface area contributed by atoms with Crippen LogP contribution in [0, 0.1) is 0 Å². The summed E-state index contributed by atoms with van der Waals surface area (Å²) in [6.45, 7) is 0.744. The fourth-order valence-corrected chi connectivity index (χ4v) is 2.08. The minimum absolute atomic E-state index is 0.0186. The summed E-state index contributed by atoms with van der Waals surface area (Å²) < 4.78 is 1.18. The van der Waals surface area contributed by atoms with Crippen LogP contribution in [0.15, 0.2) is 24.3 Å². The molecule has 0 aromatic heterocycles. The van der Waals surface area contributed by atoms with Crippen molar-refractivity contribution >= 4 is 28.5 Å². The van der Waals surface area contributed by atoms with Gasteiger partial charge in [-0.05, 0) is 35.0 Å². The fraction of sp³-hybridized carbons (Fsp3) is 0.462. The van der Waals surface area contributed by atoms with Crippen molar-refractivity contribution in [2.75, 3.05) is 11.0 Å². The lowest BCUT2D eigenvalue weighted by Crippen LogP contribution is -2.26. The van der Waals surface area contributed by atoms with Crippen LogP contribution < -0.4 is 5.32 Å². The molecular weight excluding hydrogens is 329 g/mol. The van der Waals surface area contributed by atoms with E-state index in [1.807, 2.05) is 6.07 Å². The van der Waals surface area contributed by atoms with Gasteiger partial charge in [-0.2, -0.15) is 0 Å². The summed E-state index contributed by atoms with van der Waals surface area (Å²) in [5, 5.41) is 12.2. The molecule has 1 aromatic carbocycles. The third-order valence-electron chi connectivity index (χ3n) is 2.41. The SMILES string of the molecule is O=C(Cc1cccc(O)c1)NCCCCCI. The molecule has 3 nitrogen and oxygen atoms in total. The zero-order chi connectivity index (χ0) is 12.5. The van der Waals surface area contributed by atoms with Crippen molar-refractivity contribution in [3.05, 3.63) is 29.8 Å². The molecule has 0 aliphatic rings. The van der Waals surface area contributed by atoms with E-state index in [0.29, 0.717) is 6.42 Å². The number of alkyl halides is 1. The van der Waals surface area contributed by atoms with Crippen LogP contribution in [0.2, 0.25) is 0 Å². The summed E-state index contributed by atoms with van der Waals surface area (Å²) in [6, 6.07) is 6.81. The van der Waals surface area contributed by atoms with Gasteiger partial charge in [0.05, 0.1) is 6.42 Å². The van der Waals surface area contributed by atoms with Crippen molar-refractivity contribution in [3.8, 4) is 5.75 Å². The number of amides is 1. The number of nitrogens with one attached hydrogen (secondary N) is 1. The molecule has 0 unspecified atom stereocenters. The molecule has 0 saturated carbocycles. The summed E-state index contributed by atoms with van der Waals surface area (Å²) in [5.41, 5.74) is 0.842. The maximum atomic E-state index is 11.6. The largest absolute Gasteiger partial charge is 0.508 e. The van der Waals surface area contributed by atoms with E-state index >= 15 is 0 Å².